The zero-order valence-corrected chi connectivity index (χ0v) is 10.3. The highest BCUT2D eigenvalue weighted by atomic mass is 32.2. The lowest BCUT2D eigenvalue weighted by Crippen LogP contribution is -2.10. The highest BCUT2D eigenvalue weighted by Crippen LogP contribution is 2.29. The molecule has 2 rings (SSSR count). The molecule has 0 aliphatic carbocycles. The number of imidazole rings is 1. The minimum atomic E-state index is -4.19. The Morgan fingerprint density at radius 1 is 1.39 bits per heavy atom. The van der Waals surface area contributed by atoms with Gasteiger partial charge in [0.15, 0.2) is 5.82 Å². The Hall–Kier alpha value is -1.44. The van der Waals surface area contributed by atoms with Crippen molar-refractivity contribution in [1.29, 1.82) is 0 Å². The molecule has 1 N–H and O–H groups in total. The quantitative estimate of drug-likeness (QED) is 0.872. The second kappa shape index (κ2) is 5.05. The predicted molar refractivity (Wildman–Crippen MR) is 65.5 cm³/mol. The maximum atomic E-state index is 11.9. The minimum Gasteiger partial charge on any atom is -0.367 e. The van der Waals surface area contributed by atoms with Crippen LogP contribution in [0, 0.1) is 0 Å². The Labute approximate surface area is 106 Å². The first-order valence-corrected chi connectivity index (χ1v) is 6.16. The van der Waals surface area contributed by atoms with Crippen molar-refractivity contribution >= 4 is 28.6 Å². The van der Waals surface area contributed by atoms with Gasteiger partial charge in [-0.2, -0.15) is 13.2 Å². The number of pyridine rings is 1. The van der Waals surface area contributed by atoms with E-state index >= 15 is 0 Å². The van der Waals surface area contributed by atoms with E-state index in [1.165, 1.54) is 0 Å². The van der Waals surface area contributed by atoms with E-state index in [1.54, 1.807) is 18.6 Å². The molecule has 0 fully saturated rings. The molecule has 0 aliphatic heterocycles. The fourth-order valence-electron chi connectivity index (χ4n) is 1.53. The van der Waals surface area contributed by atoms with Crippen molar-refractivity contribution in [3.05, 3.63) is 18.6 Å². The SMILES string of the molecule is Cn1cnc2c(NCCSC(F)(F)F)nccc21. The molecule has 0 saturated carbocycles. The molecule has 2 aromatic rings. The summed E-state index contributed by atoms with van der Waals surface area (Å²) in [5.41, 5.74) is -2.64. The monoisotopic (exact) mass is 276 g/mol. The number of aryl methyl sites for hydroxylation is 1. The third kappa shape index (κ3) is 3.06. The van der Waals surface area contributed by atoms with Gasteiger partial charge in [-0.1, -0.05) is 0 Å². The van der Waals surface area contributed by atoms with Gasteiger partial charge in [-0.3, -0.25) is 0 Å². The minimum absolute atomic E-state index is 0.0525. The Balaban J connectivity index is 2.00. The molecule has 0 bridgehead atoms. The maximum Gasteiger partial charge on any atom is 0.441 e. The first kappa shape index (κ1) is 13.0. The molecule has 0 aromatic carbocycles. The molecular formula is C10H11F3N4S. The Morgan fingerprint density at radius 3 is 2.89 bits per heavy atom. The molecule has 0 saturated heterocycles. The topological polar surface area (TPSA) is 42.7 Å². The van der Waals surface area contributed by atoms with Gasteiger partial charge >= 0.3 is 5.51 Å². The van der Waals surface area contributed by atoms with Gasteiger partial charge < -0.3 is 9.88 Å². The van der Waals surface area contributed by atoms with Gasteiger partial charge in [0.2, 0.25) is 0 Å². The molecule has 98 valence electrons. The zero-order chi connectivity index (χ0) is 13.2. The van der Waals surface area contributed by atoms with Crippen molar-refractivity contribution in [2.24, 2.45) is 7.05 Å². The highest BCUT2D eigenvalue weighted by molar-refractivity contribution is 8.00. The molecule has 8 heteroatoms. The summed E-state index contributed by atoms with van der Waals surface area (Å²) in [4.78, 5) is 8.23. The van der Waals surface area contributed by atoms with Crippen LogP contribution in [0.1, 0.15) is 0 Å². The Bertz CT molecular complexity index is 537. The molecule has 0 aliphatic rings. The van der Waals surface area contributed by atoms with Crippen molar-refractivity contribution in [3.63, 3.8) is 0 Å². The zero-order valence-electron chi connectivity index (χ0n) is 9.53. The fourth-order valence-corrected chi connectivity index (χ4v) is 1.96. The van der Waals surface area contributed by atoms with Crippen LogP contribution >= 0.6 is 11.8 Å². The molecule has 0 amide bonds. The smallest absolute Gasteiger partial charge is 0.367 e. The van der Waals surface area contributed by atoms with Crippen molar-refractivity contribution < 1.29 is 13.2 Å². The number of thioether (sulfide) groups is 1. The van der Waals surface area contributed by atoms with Gasteiger partial charge in [0.25, 0.3) is 0 Å². The van der Waals surface area contributed by atoms with Gasteiger partial charge in [-0.15, -0.1) is 0 Å². The van der Waals surface area contributed by atoms with Gasteiger partial charge in [0.1, 0.15) is 5.52 Å². The van der Waals surface area contributed by atoms with Crippen LogP contribution in [0.4, 0.5) is 19.0 Å². The van der Waals surface area contributed by atoms with E-state index in [-0.39, 0.29) is 24.1 Å². The number of hydrogen-bond donors (Lipinski definition) is 1. The lowest BCUT2D eigenvalue weighted by molar-refractivity contribution is -0.0327. The average molecular weight is 276 g/mol. The largest absolute Gasteiger partial charge is 0.441 e. The molecule has 2 heterocycles. The van der Waals surface area contributed by atoms with Gasteiger partial charge in [-0.25, -0.2) is 9.97 Å². The third-order valence-corrected chi connectivity index (χ3v) is 3.04. The van der Waals surface area contributed by atoms with Crippen LogP contribution < -0.4 is 5.32 Å². The second-order valence-electron chi connectivity index (χ2n) is 3.60. The van der Waals surface area contributed by atoms with Crippen molar-refractivity contribution in [2.75, 3.05) is 17.6 Å². The number of nitrogens with zero attached hydrogens (tertiary/aromatic N) is 3. The molecule has 0 spiro atoms. The summed E-state index contributed by atoms with van der Waals surface area (Å²) < 4.78 is 37.7. The number of anilines is 1. The summed E-state index contributed by atoms with van der Waals surface area (Å²) in [5.74, 6) is 0.449. The van der Waals surface area contributed by atoms with Crippen LogP contribution in [-0.4, -0.2) is 32.3 Å². The van der Waals surface area contributed by atoms with Gasteiger partial charge in [0, 0.05) is 25.5 Å². The number of hydrogen-bond acceptors (Lipinski definition) is 4. The summed E-state index contributed by atoms with van der Waals surface area (Å²) in [6.07, 6.45) is 3.24. The number of rotatable bonds is 4. The molecule has 0 atom stereocenters. The van der Waals surface area contributed by atoms with Crippen molar-refractivity contribution in [2.45, 2.75) is 5.51 Å². The van der Waals surface area contributed by atoms with E-state index in [0.29, 0.717) is 11.3 Å². The third-order valence-electron chi connectivity index (χ3n) is 2.30. The summed E-state index contributed by atoms with van der Waals surface area (Å²) in [6, 6.07) is 1.80. The second-order valence-corrected chi connectivity index (χ2v) is 4.76. The number of halogens is 3. The van der Waals surface area contributed by atoms with E-state index in [0.717, 1.165) is 5.52 Å². The number of nitrogens with one attached hydrogen (secondary N) is 1. The Kier molecular flexibility index (Phi) is 3.65. The number of alkyl halides is 3. The van der Waals surface area contributed by atoms with E-state index in [4.69, 9.17) is 0 Å². The predicted octanol–water partition coefficient (Wildman–Crippen LogP) is 2.63. The van der Waals surface area contributed by atoms with Crippen LogP contribution in [0.2, 0.25) is 0 Å². The van der Waals surface area contributed by atoms with Crippen LogP contribution in [0.3, 0.4) is 0 Å². The van der Waals surface area contributed by atoms with E-state index in [1.807, 2.05) is 11.6 Å². The van der Waals surface area contributed by atoms with E-state index < -0.39 is 5.51 Å². The standard InChI is InChI=1S/C10H11F3N4S/c1-17-6-16-8-7(17)2-3-14-9(8)15-4-5-18-10(11,12)13/h2-3,6H,4-5H2,1H3,(H,14,15). The van der Waals surface area contributed by atoms with Crippen LogP contribution in [-0.2, 0) is 7.05 Å². The molecular weight excluding hydrogens is 265 g/mol. The average Bonchev–Trinajstić information content (AvgIpc) is 2.67. The first-order valence-electron chi connectivity index (χ1n) is 5.18. The number of aromatic nitrogens is 3. The molecule has 0 radical (unpaired) electrons. The maximum absolute atomic E-state index is 11.9. The molecule has 4 nitrogen and oxygen atoms in total. The summed E-state index contributed by atoms with van der Waals surface area (Å²) in [7, 11) is 1.85. The van der Waals surface area contributed by atoms with Crippen LogP contribution in [0.25, 0.3) is 11.0 Å². The molecule has 0 unspecified atom stereocenters. The lowest BCUT2D eigenvalue weighted by Gasteiger charge is -2.07. The van der Waals surface area contributed by atoms with E-state index in [9.17, 15) is 13.2 Å². The molecule has 18 heavy (non-hydrogen) atoms. The summed E-state index contributed by atoms with van der Waals surface area (Å²) >= 11 is -0.0525. The highest BCUT2D eigenvalue weighted by Gasteiger charge is 2.27. The van der Waals surface area contributed by atoms with Crippen LogP contribution in [0.15, 0.2) is 18.6 Å². The first-order chi connectivity index (χ1) is 8.47. The normalized spacial score (nSPS) is 12.0. The molecule has 2 aromatic heterocycles. The van der Waals surface area contributed by atoms with Crippen LogP contribution in [0.5, 0.6) is 0 Å². The van der Waals surface area contributed by atoms with Gasteiger partial charge in [-0.05, 0) is 17.8 Å². The van der Waals surface area contributed by atoms with Gasteiger partial charge in [0.05, 0.1) is 11.8 Å². The summed E-state index contributed by atoms with van der Waals surface area (Å²) in [5, 5.41) is 2.87. The fraction of sp³-hybridized carbons (Fsp3) is 0.400. The van der Waals surface area contributed by atoms with Crippen molar-refractivity contribution in [1.82, 2.24) is 14.5 Å². The van der Waals surface area contributed by atoms with Crippen molar-refractivity contribution in [3.8, 4) is 0 Å². The van der Waals surface area contributed by atoms with E-state index in [2.05, 4.69) is 15.3 Å². The number of fused-ring (bicyclic) bond motifs is 1. The lowest BCUT2D eigenvalue weighted by atomic mass is 10.4. The Morgan fingerprint density at radius 2 is 2.17 bits per heavy atom. The summed E-state index contributed by atoms with van der Waals surface area (Å²) in [6.45, 7) is 0.187.